The molecule has 21 heavy (non-hydrogen) atoms. The molecule has 0 unspecified atom stereocenters. The summed E-state index contributed by atoms with van der Waals surface area (Å²) in [7, 11) is -0.495. The van der Waals surface area contributed by atoms with E-state index in [0.717, 1.165) is 0 Å². The van der Waals surface area contributed by atoms with Gasteiger partial charge in [-0.3, -0.25) is 4.79 Å². The molecule has 0 atom stereocenters. The van der Waals surface area contributed by atoms with E-state index in [9.17, 15) is 9.18 Å². The van der Waals surface area contributed by atoms with Crippen LogP contribution in [-0.2, 0) is 9.31 Å². The lowest BCUT2D eigenvalue weighted by Crippen LogP contribution is -2.41. The van der Waals surface area contributed by atoms with Gasteiger partial charge in [0.25, 0.3) is 0 Å². The molecule has 112 valence electrons. The fourth-order valence-corrected chi connectivity index (χ4v) is 1.96. The minimum atomic E-state index is -0.626. The molecule has 1 saturated heterocycles. The maximum Gasteiger partial charge on any atom is 0.487 e. The Bertz CT molecular complexity index is 583. The Hall–Kier alpha value is -1.53. The number of ketones is 1. The van der Waals surface area contributed by atoms with Crippen LogP contribution in [0.15, 0.2) is 18.2 Å². The third kappa shape index (κ3) is 3.22. The van der Waals surface area contributed by atoms with Crippen LogP contribution in [0.5, 0.6) is 0 Å². The van der Waals surface area contributed by atoms with Gasteiger partial charge in [-0.25, -0.2) is 9.37 Å². The first-order chi connectivity index (χ1) is 9.62. The number of aromatic nitrogens is 1. The summed E-state index contributed by atoms with van der Waals surface area (Å²) in [6.45, 7) is 9.13. The predicted octanol–water partition coefficient (Wildman–Crippen LogP) is 3.07. The Morgan fingerprint density at radius 3 is 2.33 bits per heavy atom. The van der Waals surface area contributed by atoms with E-state index in [0.29, 0.717) is 5.56 Å². The number of hydrogen-bond acceptors (Lipinski definition) is 4. The van der Waals surface area contributed by atoms with Crippen LogP contribution in [0.1, 0.15) is 50.7 Å². The Balaban J connectivity index is 2.13. The first-order valence-corrected chi connectivity index (χ1v) is 6.83. The summed E-state index contributed by atoms with van der Waals surface area (Å²) in [5.74, 6) is 0.688. The summed E-state index contributed by atoms with van der Waals surface area (Å²) in [6.07, 6.45) is 3.11. The smallest absolute Gasteiger partial charge is 0.400 e. The second kappa shape index (κ2) is 5.35. The third-order valence-electron chi connectivity index (χ3n) is 3.91. The maximum atomic E-state index is 13.7. The fourth-order valence-electron chi connectivity index (χ4n) is 1.96. The molecule has 0 radical (unpaired) electrons. The van der Waals surface area contributed by atoms with Gasteiger partial charge in [-0.2, -0.15) is 0 Å². The molecule has 1 fully saturated rings. The van der Waals surface area contributed by atoms with Crippen molar-refractivity contribution in [3.63, 3.8) is 0 Å². The standard InChI is InChI=1S/C15H19BFNO3/c1-10(19)13-12(17)8-11(9-18-13)6-7-16-20-14(2,3)15(4,5)21-16/h6-9H,1-5H3/b7-6+. The van der Waals surface area contributed by atoms with Gasteiger partial charge in [0, 0.05) is 13.1 Å². The molecule has 0 amide bonds. The summed E-state index contributed by atoms with van der Waals surface area (Å²) >= 11 is 0. The second-order valence-corrected chi connectivity index (χ2v) is 6.14. The summed E-state index contributed by atoms with van der Waals surface area (Å²) in [5, 5.41) is 0. The zero-order valence-electron chi connectivity index (χ0n) is 12.9. The first-order valence-electron chi connectivity index (χ1n) is 6.83. The molecule has 1 aliphatic rings. The van der Waals surface area contributed by atoms with Crippen LogP contribution in [0.2, 0.25) is 0 Å². The fraction of sp³-hybridized carbons (Fsp3) is 0.467. The van der Waals surface area contributed by atoms with Gasteiger partial charge in [0.2, 0.25) is 0 Å². The Morgan fingerprint density at radius 1 is 1.29 bits per heavy atom. The number of Topliss-reactive ketones (excluding diaryl/α,β-unsaturated/α-hetero) is 1. The zero-order chi connectivity index (χ0) is 15.8. The van der Waals surface area contributed by atoms with Crippen LogP contribution in [-0.4, -0.2) is 29.1 Å². The van der Waals surface area contributed by atoms with Crippen LogP contribution < -0.4 is 0 Å². The molecule has 0 aromatic carbocycles. The van der Waals surface area contributed by atoms with Crippen molar-refractivity contribution < 1.29 is 18.5 Å². The van der Waals surface area contributed by atoms with Gasteiger partial charge in [0.15, 0.2) is 11.6 Å². The van der Waals surface area contributed by atoms with Crippen molar-refractivity contribution in [2.45, 2.75) is 45.8 Å². The predicted molar refractivity (Wildman–Crippen MR) is 79.3 cm³/mol. The number of rotatable bonds is 3. The lowest BCUT2D eigenvalue weighted by atomic mass is 9.89. The van der Waals surface area contributed by atoms with E-state index in [2.05, 4.69) is 4.98 Å². The van der Waals surface area contributed by atoms with E-state index in [-0.39, 0.29) is 5.69 Å². The second-order valence-electron chi connectivity index (χ2n) is 6.14. The number of carbonyl (C=O) groups is 1. The van der Waals surface area contributed by atoms with Crippen molar-refractivity contribution in [1.29, 1.82) is 0 Å². The number of nitrogens with zero attached hydrogens (tertiary/aromatic N) is 1. The Kier molecular flexibility index (Phi) is 4.04. The van der Waals surface area contributed by atoms with Crippen molar-refractivity contribution in [3.05, 3.63) is 35.3 Å². The summed E-state index contributed by atoms with van der Waals surface area (Å²) in [4.78, 5) is 14.9. The van der Waals surface area contributed by atoms with Crippen LogP contribution in [0.3, 0.4) is 0 Å². The van der Waals surface area contributed by atoms with E-state index in [1.54, 1.807) is 12.1 Å². The van der Waals surface area contributed by atoms with E-state index >= 15 is 0 Å². The summed E-state index contributed by atoms with van der Waals surface area (Å²) < 4.78 is 25.3. The van der Waals surface area contributed by atoms with E-state index in [1.165, 1.54) is 19.2 Å². The number of hydrogen-bond donors (Lipinski definition) is 0. The molecular weight excluding hydrogens is 272 g/mol. The first kappa shape index (κ1) is 15.9. The highest BCUT2D eigenvalue weighted by Gasteiger charge is 2.49. The Labute approximate surface area is 124 Å². The maximum absolute atomic E-state index is 13.7. The lowest BCUT2D eigenvalue weighted by Gasteiger charge is -2.32. The largest absolute Gasteiger partial charge is 0.487 e. The van der Waals surface area contributed by atoms with Gasteiger partial charge in [-0.1, -0.05) is 12.1 Å². The molecule has 1 aromatic heterocycles. The minimum Gasteiger partial charge on any atom is -0.400 e. The topological polar surface area (TPSA) is 48.4 Å². The van der Waals surface area contributed by atoms with E-state index in [1.807, 2.05) is 27.7 Å². The van der Waals surface area contributed by atoms with Crippen molar-refractivity contribution in [3.8, 4) is 0 Å². The van der Waals surface area contributed by atoms with Crippen LogP contribution in [0.4, 0.5) is 4.39 Å². The molecule has 1 aliphatic heterocycles. The van der Waals surface area contributed by atoms with Gasteiger partial charge in [0.1, 0.15) is 5.69 Å². The SMILES string of the molecule is CC(=O)c1ncc(/C=C/B2OC(C)(C)C(C)(C)O2)cc1F. The van der Waals surface area contributed by atoms with Crippen molar-refractivity contribution in [1.82, 2.24) is 4.98 Å². The van der Waals surface area contributed by atoms with Crippen molar-refractivity contribution >= 4 is 19.0 Å². The molecule has 0 N–H and O–H groups in total. The highest BCUT2D eigenvalue weighted by Crippen LogP contribution is 2.37. The molecule has 0 spiro atoms. The minimum absolute atomic E-state index is 0.150. The molecule has 2 heterocycles. The highest BCUT2D eigenvalue weighted by atomic mass is 19.1. The van der Waals surface area contributed by atoms with Crippen LogP contribution >= 0.6 is 0 Å². The van der Waals surface area contributed by atoms with Gasteiger partial charge in [-0.05, 0) is 39.3 Å². The number of halogens is 1. The van der Waals surface area contributed by atoms with Gasteiger partial charge < -0.3 is 9.31 Å². The molecule has 6 heteroatoms. The van der Waals surface area contributed by atoms with Gasteiger partial charge in [0.05, 0.1) is 11.2 Å². The van der Waals surface area contributed by atoms with Gasteiger partial charge >= 0.3 is 7.12 Å². The van der Waals surface area contributed by atoms with E-state index in [4.69, 9.17) is 9.31 Å². The normalized spacial score (nSPS) is 20.2. The molecule has 4 nitrogen and oxygen atoms in total. The highest BCUT2D eigenvalue weighted by molar-refractivity contribution is 6.52. The van der Waals surface area contributed by atoms with Crippen molar-refractivity contribution in [2.24, 2.45) is 0 Å². The average Bonchev–Trinajstić information content (AvgIpc) is 2.55. The zero-order valence-corrected chi connectivity index (χ0v) is 12.9. The van der Waals surface area contributed by atoms with Crippen LogP contribution in [0.25, 0.3) is 6.08 Å². The molecule has 0 aliphatic carbocycles. The third-order valence-corrected chi connectivity index (χ3v) is 3.91. The average molecular weight is 291 g/mol. The molecule has 0 bridgehead atoms. The molecular formula is C15H19BFNO3. The monoisotopic (exact) mass is 291 g/mol. The quantitative estimate of drug-likeness (QED) is 0.634. The summed E-state index contributed by atoms with van der Waals surface area (Å²) in [6, 6.07) is 1.27. The molecule has 2 rings (SSSR count). The summed E-state index contributed by atoms with van der Waals surface area (Å²) in [5.41, 5.74) is -0.427. The van der Waals surface area contributed by atoms with Crippen LogP contribution in [0, 0.1) is 5.82 Å². The Morgan fingerprint density at radius 2 is 1.86 bits per heavy atom. The van der Waals surface area contributed by atoms with E-state index < -0.39 is 29.9 Å². The number of carbonyl (C=O) groups excluding carboxylic acids is 1. The van der Waals surface area contributed by atoms with Crippen molar-refractivity contribution in [2.75, 3.05) is 0 Å². The van der Waals surface area contributed by atoms with Gasteiger partial charge in [-0.15, -0.1) is 0 Å². The molecule has 1 aromatic rings. The number of pyridine rings is 1. The lowest BCUT2D eigenvalue weighted by molar-refractivity contribution is 0.00578. The molecule has 0 saturated carbocycles.